The Balaban J connectivity index is 2.83. The number of carbonyl (C=O) groups excluding carboxylic acids is 1. The first kappa shape index (κ1) is 16.6. The molecule has 0 bridgehead atoms. The molecule has 1 aromatic rings. The number of rotatable bonds is 5. The van der Waals surface area contributed by atoms with Crippen LogP contribution in [0, 0.1) is 11.6 Å². The zero-order valence-electron chi connectivity index (χ0n) is 12.2. The lowest BCUT2D eigenvalue weighted by atomic mass is 10.0. The van der Waals surface area contributed by atoms with Gasteiger partial charge in [0.2, 0.25) is 5.91 Å². The van der Waals surface area contributed by atoms with Crippen LogP contribution in [0.1, 0.15) is 45.8 Å². The van der Waals surface area contributed by atoms with Crippen LogP contribution in [0.2, 0.25) is 0 Å². The smallest absolute Gasteiger partial charge is 0.225 e. The van der Waals surface area contributed by atoms with Gasteiger partial charge in [-0.1, -0.05) is 0 Å². The van der Waals surface area contributed by atoms with Crippen molar-refractivity contribution in [2.75, 3.05) is 0 Å². The average molecular weight is 285 g/mol. The number of nitrogens with zero attached hydrogens (tertiary/aromatic N) is 1. The predicted molar refractivity (Wildman–Crippen MR) is 73.1 cm³/mol. The first-order valence-corrected chi connectivity index (χ1v) is 6.67. The molecule has 0 aromatic heterocycles. The third-order valence-electron chi connectivity index (χ3n) is 3.04. The SMILES string of the molecule is CC(C)N(C(=O)C[C@H](O)c1cc(F)cc(F)c1)C(C)C. The topological polar surface area (TPSA) is 40.5 Å². The fraction of sp³-hybridized carbons (Fsp3) is 0.533. The number of hydrogen-bond acceptors (Lipinski definition) is 2. The molecule has 0 saturated carbocycles. The van der Waals surface area contributed by atoms with E-state index >= 15 is 0 Å². The zero-order chi connectivity index (χ0) is 15.4. The average Bonchev–Trinajstić information content (AvgIpc) is 2.25. The Labute approximate surface area is 118 Å². The minimum Gasteiger partial charge on any atom is -0.388 e. The van der Waals surface area contributed by atoms with Crippen molar-refractivity contribution in [1.29, 1.82) is 0 Å². The fourth-order valence-electron chi connectivity index (χ4n) is 2.33. The number of aliphatic hydroxyl groups excluding tert-OH is 1. The van der Waals surface area contributed by atoms with Crippen molar-refractivity contribution in [2.45, 2.75) is 52.3 Å². The Morgan fingerprint density at radius 3 is 1.95 bits per heavy atom. The lowest BCUT2D eigenvalue weighted by Gasteiger charge is -2.31. The van der Waals surface area contributed by atoms with E-state index in [1.807, 2.05) is 27.7 Å². The van der Waals surface area contributed by atoms with Crippen LogP contribution in [0.5, 0.6) is 0 Å². The van der Waals surface area contributed by atoms with Crippen LogP contribution in [0.3, 0.4) is 0 Å². The van der Waals surface area contributed by atoms with E-state index in [0.29, 0.717) is 0 Å². The van der Waals surface area contributed by atoms with Crippen molar-refractivity contribution < 1.29 is 18.7 Å². The van der Waals surface area contributed by atoms with Crippen LogP contribution < -0.4 is 0 Å². The highest BCUT2D eigenvalue weighted by atomic mass is 19.1. The Morgan fingerprint density at radius 1 is 1.10 bits per heavy atom. The number of hydrogen-bond donors (Lipinski definition) is 1. The number of halogens is 2. The van der Waals surface area contributed by atoms with E-state index < -0.39 is 17.7 Å². The summed E-state index contributed by atoms with van der Waals surface area (Å²) in [4.78, 5) is 13.8. The van der Waals surface area contributed by atoms with Crippen molar-refractivity contribution >= 4 is 5.91 Å². The predicted octanol–water partition coefficient (Wildman–Crippen LogP) is 3.03. The van der Waals surface area contributed by atoms with Gasteiger partial charge in [0.15, 0.2) is 0 Å². The summed E-state index contributed by atoms with van der Waals surface area (Å²) in [6.07, 6.45) is -1.41. The van der Waals surface area contributed by atoms with Crippen LogP contribution in [-0.2, 0) is 4.79 Å². The van der Waals surface area contributed by atoms with Gasteiger partial charge in [-0.05, 0) is 45.4 Å². The molecule has 0 spiro atoms. The number of amides is 1. The quantitative estimate of drug-likeness (QED) is 0.903. The first-order valence-electron chi connectivity index (χ1n) is 6.67. The van der Waals surface area contributed by atoms with Gasteiger partial charge in [0.1, 0.15) is 11.6 Å². The molecular formula is C15H21F2NO2. The largest absolute Gasteiger partial charge is 0.388 e. The highest BCUT2D eigenvalue weighted by molar-refractivity contribution is 5.77. The van der Waals surface area contributed by atoms with Gasteiger partial charge in [0.05, 0.1) is 12.5 Å². The molecule has 112 valence electrons. The van der Waals surface area contributed by atoms with Crippen molar-refractivity contribution in [3.8, 4) is 0 Å². The summed E-state index contributed by atoms with van der Waals surface area (Å²) in [6, 6.07) is 2.80. The van der Waals surface area contributed by atoms with Crippen LogP contribution >= 0.6 is 0 Å². The third kappa shape index (κ3) is 4.27. The maximum atomic E-state index is 13.1. The van der Waals surface area contributed by atoms with Crippen molar-refractivity contribution in [3.63, 3.8) is 0 Å². The molecule has 5 heteroatoms. The molecule has 0 unspecified atom stereocenters. The van der Waals surface area contributed by atoms with Crippen LogP contribution in [-0.4, -0.2) is 28.0 Å². The highest BCUT2D eigenvalue weighted by Gasteiger charge is 2.23. The van der Waals surface area contributed by atoms with E-state index in [9.17, 15) is 18.7 Å². The summed E-state index contributed by atoms with van der Waals surface area (Å²) in [5.41, 5.74) is 0.0725. The first-order chi connectivity index (χ1) is 9.22. The molecule has 3 nitrogen and oxygen atoms in total. The molecule has 0 fully saturated rings. The standard InChI is InChI=1S/C15H21F2NO2/c1-9(2)18(10(3)4)15(20)8-14(19)11-5-12(16)7-13(17)6-11/h5-7,9-10,14,19H,8H2,1-4H3/t14-/m0/s1. The maximum absolute atomic E-state index is 13.1. The number of benzene rings is 1. The highest BCUT2D eigenvalue weighted by Crippen LogP contribution is 2.21. The molecule has 0 radical (unpaired) electrons. The Morgan fingerprint density at radius 2 is 1.55 bits per heavy atom. The third-order valence-corrected chi connectivity index (χ3v) is 3.04. The molecule has 0 saturated heterocycles. The van der Waals surface area contributed by atoms with Gasteiger partial charge < -0.3 is 10.0 Å². The normalized spacial score (nSPS) is 12.8. The maximum Gasteiger partial charge on any atom is 0.225 e. The van der Waals surface area contributed by atoms with Crippen LogP contribution in [0.25, 0.3) is 0 Å². The molecular weight excluding hydrogens is 264 g/mol. The van der Waals surface area contributed by atoms with Crippen LogP contribution in [0.15, 0.2) is 18.2 Å². The fourth-order valence-corrected chi connectivity index (χ4v) is 2.33. The monoisotopic (exact) mass is 285 g/mol. The van der Waals surface area contributed by atoms with Gasteiger partial charge in [-0.15, -0.1) is 0 Å². The van der Waals surface area contributed by atoms with E-state index in [1.54, 1.807) is 4.90 Å². The molecule has 0 aliphatic rings. The van der Waals surface area contributed by atoms with Gasteiger partial charge in [-0.25, -0.2) is 8.78 Å². The lowest BCUT2D eigenvalue weighted by molar-refractivity contribution is -0.136. The molecule has 0 aliphatic heterocycles. The van der Waals surface area contributed by atoms with E-state index in [0.717, 1.165) is 18.2 Å². The second-order valence-corrected chi connectivity index (χ2v) is 5.41. The Kier molecular flexibility index (Phi) is 5.62. The molecule has 1 atom stereocenters. The summed E-state index contributed by atoms with van der Waals surface area (Å²) in [5, 5.41) is 9.97. The number of carbonyl (C=O) groups is 1. The summed E-state index contributed by atoms with van der Waals surface area (Å²) >= 11 is 0. The summed E-state index contributed by atoms with van der Waals surface area (Å²) in [5.74, 6) is -1.78. The molecule has 20 heavy (non-hydrogen) atoms. The zero-order valence-corrected chi connectivity index (χ0v) is 12.2. The van der Waals surface area contributed by atoms with E-state index in [1.165, 1.54) is 0 Å². The minimum absolute atomic E-state index is 0.000976. The van der Waals surface area contributed by atoms with Gasteiger partial charge in [-0.3, -0.25) is 4.79 Å². The summed E-state index contributed by atoms with van der Waals surface area (Å²) in [6.45, 7) is 7.52. The van der Waals surface area contributed by atoms with Crippen molar-refractivity contribution in [1.82, 2.24) is 4.90 Å². The molecule has 1 amide bonds. The van der Waals surface area contributed by atoms with E-state index in [-0.39, 0.29) is 30.0 Å². The van der Waals surface area contributed by atoms with Crippen LogP contribution in [0.4, 0.5) is 8.78 Å². The van der Waals surface area contributed by atoms with Gasteiger partial charge >= 0.3 is 0 Å². The lowest BCUT2D eigenvalue weighted by Crippen LogP contribution is -2.42. The van der Waals surface area contributed by atoms with Gasteiger partial charge in [0.25, 0.3) is 0 Å². The summed E-state index contributed by atoms with van der Waals surface area (Å²) < 4.78 is 26.2. The van der Waals surface area contributed by atoms with Gasteiger partial charge in [-0.2, -0.15) is 0 Å². The minimum atomic E-state index is -1.22. The Bertz CT molecular complexity index is 447. The van der Waals surface area contributed by atoms with Crippen molar-refractivity contribution in [3.05, 3.63) is 35.4 Å². The summed E-state index contributed by atoms with van der Waals surface area (Å²) in [7, 11) is 0. The second kappa shape index (κ2) is 6.79. The Hall–Kier alpha value is -1.49. The molecule has 0 heterocycles. The van der Waals surface area contributed by atoms with Gasteiger partial charge in [0, 0.05) is 18.2 Å². The molecule has 0 aliphatic carbocycles. The van der Waals surface area contributed by atoms with E-state index in [4.69, 9.17) is 0 Å². The molecule has 1 N–H and O–H groups in total. The van der Waals surface area contributed by atoms with Crippen molar-refractivity contribution in [2.24, 2.45) is 0 Å². The second-order valence-electron chi connectivity index (χ2n) is 5.41. The molecule has 1 aromatic carbocycles. The van der Waals surface area contributed by atoms with E-state index in [2.05, 4.69) is 0 Å². The number of aliphatic hydroxyl groups is 1. The molecule has 1 rings (SSSR count).